The molecule has 0 saturated carbocycles. The number of carbonyl (C=O) groups is 1. The van der Waals surface area contributed by atoms with E-state index in [0.717, 1.165) is 18.4 Å². The molecular weight excluding hydrogens is 160 g/mol. The fourth-order valence-corrected chi connectivity index (χ4v) is 2.41. The molecule has 0 radical (unpaired) electrons. The molecule has 1 nitrogen and oxygen atoms in total. The van der Waals surface area contributed by atoms with E-state index in [9.17, 15) is 4.79 Å². The quantitative estimate of drug-likeness (QED) is 0.558. The van der Waals surface area contributed by atoms with Crippen molar-refractivity contribution in [2.24, 2.45) is 11.3 Å². The zero-order valence-electron chi connectivity index (χ0n) is 9.40. The van der Waals surface area contributed by atoms with Crippen LogP contribution in [0, 0.1) is 11.3 Å². The van der Waals surface area contributed by atoms with Crippen molar-refractivity contribution in [2.45, 2.75) is 47.5 Å². The van der Waals surface area contributed by atoms with Crippen molar-refractivity contribution in [3.05, 3.63) is 11.1 Å². The van der Waals surface area contributed by atoms with Gasteiger partial charge in [-0.2, -0.15) is 0 Å². The second-order valence-electron chi connectivity index (χ2n) is 5.34. The highest BCUT2D eigenvalue weighted by molar-refractivity contribution is 5.98. The normalized spacial score (nSPS) is 25.3. The Morgan fingerprint density at radius 1 is 1.23 bits per heavy atom. The molecule has 13 heavy (non-hydrogen) atoms. The SMILES string of the molecule is CC1=C(C(C)(C)C)C(=O)CC(C)C1. The largest absolute Gasteiger partial charge is 0.295 e. The van der Waals surface area contributed by atoms with Gasteiger partial charge in [0.15, 0.2) is 5.78 Å². The first-order valence-electron chi connectivity index (χ1n) is 5.06. The molecule has 1 aliphatic rings. The van der Waals surface area contributed by atoms with Gasteiger partial charge in [-0.05, 0) is 30.3 Å². The van der Waals surface area contributed by atoms with Gasteiger partial charge >= 0.3 is 0 Å². The molecule has 0 heterocycles. The summed E-state index contributed by atoms with van der Waals surface area (Å²) in [7, 11) is 0. The lowest BCUT2D eigenvalue weighted by atomic mass is 9.73. The van der Waals surface area contributed by atoms with Crippen molar-refractivity contribution < 1.29 is 4.79 Å². The molecule has 1 aliphatic carbocycles. The van der Waals surface area contributed by atoms with Crippen LogP contribution in [-0.4, -0.2) is 5.78 Å². The predicted octanol–water partition coefficient (Wildman–Crippen LogP) is 3.35. The van der Waals surface area contributed by atoms with Crippen molar-refractivity contribution in [1.29, 1.82) is 0 Å². The first-order chi connectivity index (χ1) is 5.82. The molecule has 0 aromatic heterocycles. The Balaban J connectivity index is 3.06. The Hall–Kier alpha value is -0.590. The third kappa shape index (κ3) is 2.20. The smallest absolute Gasteiger partial charge is 0.159 e. The van der Waals surface area contributed by atoms with Crippen LogP contribution < -0.4 is 0 Å². The summed E-state index contributed by atoms with van der Waals surface area (Å²) in [5, 5.41) is 0. The molecule has 74 valence electrons. The second kappa shape index (κ2) is 3.28. The van der Waals surface area contributed by atoms with Crippen molar-refractivity contribution >= 4 is 5.78 Å². The van der Waals surface area contributed by atoms with Gasteiger partial charge in [-0.1, -0.05) is 33.3 Å². The molecule has 1 rings (SSSR count). The topological polar surface area (TPSA) is 17.1 Å². The van der Waals surface area contributed by atoms with Gasteiger partial charge in [0, 0.05) is 6.42 Å². The van der Waals surface area contributed by atoms with Gasteiger partial charge in [0.05, 0.1) is 0 Å². The van der Waals surface area contributed by atoms with E-state index in [1.165, 1.54) is 5.57 Å². The van der Waals surface area contributed by atoms with E-state index < -0.39 is 0 Å². The van der Waals surface area contributed by atoms with Crippen LogP contribution >= 0.6 is 0 Å². The lowest BCUT2D eigenvalue weighted by molar-refractivity contribution is -0.117. The van der Waals surface area contributed by atoms with E-state index in [2.05, 4.69) is 34.6 Å². The van der Waals surface area contributed by atoms with Crippen LogP contribution in [-0.2, 0) is 4.79 Å². The number of rotatable bonds is 0. The molecule has 0 aliphatic heterocycles. The Bertz CT molecular complexity index is 253. The zero-order chi connectivity index (χ0) is 10.2. The Labute approximate surface area is 81.2 Å². The summed E-state index contributed by atoms with van der Waals surface area (Å²) in [5.74, 6) is 0.905. The molecule has 0 saturated heterocycles. The van der Waals surface area contributed by atoms with E-state index in [-0.39, 0.29) is 5.41 Å². The molecule has 0 spiro atoms. The van der Waals surface area contributed by atoms with Crippen LogP contribution in [0.2, 0.25) is 0 Å². The van der Waals surface area contributed by atoms with Gasteiger partial charge in [0.2, 0.25) is 0 Å². The van der Waals surface area contributed by atoms with Crippen LogP contribution in [0.15, 0.2) is 11.1 Å². The third-order valence-electron chi connectivity index (χ3n) is 2.64. The van der Waals surface area contributed by atoms with Gasteiger partial charge in [-0.25, -0.2) is 0 Å². The van der Waals surface area contributed by atoms with Gasteiger partial charge < -0.3 is 0 Å². The van der Waals surface area contributed by atoms with Crippen LogP contribution in [0.4, 0.5) is 0 Å². The molecule has 0 amide bonds. The highest BCUT2D eigenvalue weighted by atomic mass is 16.1. The highest BCUT2D eigenvalue weighted by Gasteiger charge is 2.30. The summed E-state index contributed by atoms with van der Waals surface area (Å²) < 4.78 is 0. The summed E-state index contributed by atoms with van der Waals surface area (Å²) >= 11 is 0. The molecule has 0 N–H and O–H groups in total. The molecular formula is C12H20O. The molecule has 0 aromatic carbocycles. The fraction of sp³-hybridized carbons (Fsp3) is 0.750. The molecule has 1 heteroatoms. The van der Waals surface area contributed by atoms with E-state index in [0.29, 0.717) is 11.7 Å². The first-order valence-corrected chi connectivity index (χ1v) is 5.06. The number of ketones is 1. The number of hydrogen-bond donors (Lipinski definition) is 0. The van der Waals surface area contributed by atoms with Gasteiger partial charge in [0.1, 0.15) is 0 Å². The lowest BCUT2D eigenvalue weighted by Gasteiger charge is -2.30. The summed E-state index contributed by atoms with van der Waals surface area (Å²) in [6.45, 7) is 10.6. The molecule has 0 bridgehead atoms. The minimum Gasteiger partial charge on any atom is -0.295 e. The standard InChI is InChI=1S/C12H20O/c1-8-6-9(2)11(10(13)7-8)12(3,4)5/h8H,6-7H2,1-5H3. The van der Waals surface area contributed by atoms with E-state index in [4.69, 9.17) is 0 Å². The summed E-state index contributed by atoms with van der Waals surface area (Å²) in [5.41, 5.74) is 2.41. The summed E-state index contributed by atoms with van der Waals surface area (Å²) in [4.78, 5) is 11.8. The fourth-order valence-electron chi connectivity index (χ4n) is 2.41. The van der Waals surface area contributed by atoms with Crippen LogP contribution in [0.1, 0.15) is 47.5 Å². The zero-order valence-corrected chi connectivity index (χ0v) is 9.40. The van der Waals surface area contributed by atoms with Crippen molar-refractivity contribution in [2.75, 3.05) is 0 Å². The minimum absolute atomic E-state index is 0.0291. The Kier molecular flexibility index (Phi) is 2.65. The van der Waals surface area contributed by atoms with Gasteiger partial charge in [-0.3, -0.25) is 4.79 Å². The van der Waals surface area contributed by atoms with Crippen molar-refractivity contribution in [3.8, 4) is 0 Å². The third-order valence-corrected chi connectivity index (χ3v) is 2.64. The molecule has 1 unspecified atom stereocenters. The lowest BCUT2D eigenvalue weighted by Crippen LogP contribution is -2.25. The van der Waals surface area contributed by atoms with Crippen molar-refractivity contribution in [1.82, 2.24) is 0 Å². The molecule has 1 atom stereocenters. The second-order valence-corrected chi connectivity index (χ2v) is 5.34. The first kappa shape index (κ1) is 10.5. The van der Waals surface area contributed by atoms with Gasteiger partial charge in [-0.15, -0.1) is 0 Å². The predicted molar refractivity (Wildman–Crippen MR) is 55.6 cm³/mol. The minimum atomic E-state index is 0.0291. The number of Topliss-reactive ketones (excluding diaryl/α,β-unsaturated/α-hetero) is 1. The van der Waals surface area contributed by atoms with Crippen LogP contribution in [0.3, 0.4) is 0 Å². The van der Waals surface area contributed by atoms with E-state index in [1.54, 1.807) is 0 Å². The van der Waals surface area contributed by atoms with Crippen molar-refractivity contribution in [3.63, 3.8) is 0 Å². The van der Waals surface area contributed by atoms with Crippen LogP contribution in [0.25, 0.3) is 0 Å². The van der Waals surface area contributed by atoms with Crippen LogP contribution in [0.5, 0.6) is 0 Å². The summed E-state index contributed by atoms with van der Waals surface area (Å²) in [6, 6.07) is 0. The monoisotopic (exact) mass is 180 g/mol. The maximum Gasteiger partial charge on any atom is 0.159 e. The number of carbonyl (C=O) groups excluding carboxylic acids is 1. The average molecular weight is 180 g/mol. The maximum atomic E-state index is 11.8. The molecule has 0 fully saturated rings. The average Bonchev–Trinajstić information content (AvgIpc) is 1.78. The summed E-state index contributed by atoms with van der Waals surface area (Å²) in [6.07, 6.45) is 1.84. The Morgan fingerprint density at radius 3 is 2.15 bits per heavy atom. The number of hydrogen-bond acceptors (Lipinski definition) is 1. The van der Waals surface area contributed by atoms with E-state index >= 15 is 0 Å². The number of allylic oxidation sites excluding steroid dienone is 2. The van der Waals surface area contributed by atoms with E-state index in [1.807, 2.05) is 0 Å². The Morgan fingerprint density at radius 2 is 1.77 bits per heavy atom. The maximum absolute atomic E-state index is 11.8. The highest BCUT2D eigenvalue weighted by Crippen LogP contribution is 2.36. The van der Waals surface area contributed by atoms with Gasteiger partial charge in [0.25, 0.3) is 0 Å². The molecule has 0 aromatic rings.